The maximum Gasteiger partial charge on any atom is 0.252 e. The Balaban J connectivity index is 1.91. The smallest absolute Gasteiger partial charge is 0.252 e. The van der Waals surface area contributed by atoms with Crippen LogP contribution in [0.15, 0.2) is 22.7 Å². The average molecular weight is 314 g/mol. The molecule has 4 heteroatoms. The Morgan fingerprint density at radius 1 is 1.50 bits per heavy atom. The second-order valence-corrected chi connectivity index (χ2v) is 5.97. The van der Waals surface area contributed by atoms with Gasteiger partial charge >= 0.3 is 0 Å². The minimum Gasteiger partial charge on any atom is -0.352 e. The number of amides is 1. The summed E-state index contributed by atoms with van der Waals surface area (Å²) in [5.74, 6) is 0.872. The van der Waals surface area contributed by atoms with Crippen molar-refractivity contribution in [1.82, 2.24) is 5.32 Å². The maximum absolute atomic E-state index is 12.9. The van der Waals surface area contributed by atoms with E-state index in [-0.39, 0.29) is 11.7 Å². The lowest BCUT2D eigenvalue weighted by atomic mass is 10.1. The first-order valence-electron chi connectivity index (χ1n) is 6.29. The SMILES string of the molecule is CC1CCC(CNC(=O)c2ccc(F)cc2Br)C1. The molecule has 0 bridgehead atoms. The first kappa shape index (κ1) is 13.5. The number of hydrogen-bond acceptors (Lipinski definition) is 1. The van der Waals surface area contributed by atoms with Gasteiger partial charge in [0.15, 0.2) is 0 Å². The summed E-state index contributed by atoms with van der Waals surface area (Å²) in [4.78, 5) is 12.0. The number of nitrogens with one attached hydrogen (secondary N) is 1. The summed E-state index contributed by atoms with van der Waals surface area (Å²) in [6.45, 7) is 2.96. The van der Waals surface area contributed by atoms with Crippen LogP contribution in [-0.2, 0) is 0 Å². The van der Waals surface area contributed by atoms with E-state index in [0.29, 0.717) is 22.5 Å². The molecule has 2 atom stereocenters. The lowest BCUT2D eigenvalue weighted by Gasteiger charge is -2.12. The number of halogens is 2. The molecule has 1 aromatic rings. The number of benzene rings is 1. The Labute approximate surface area is 115 Å². The lowest BCUT2D eigenvalue weighted by Crippen LogP contribution is -2.28. The Bertz CT molecular complexity index is 449. The summed E-state index contributed by atoms with van der Waals surface area (Å²) < 4.78 is 13.4. The second kappa shape index (κ2) is 5.83. The number of rotatable bonds is 3. The van der Waals surface area contributed by atoms with Crippen LogP contribution in [0.4, 0.5) is 4.39 Å². The number of carbonyl (C=O) groups excluding carboxylic acids is 1. The molecule has 2 nitrogen and oxygen atoms in total. The van der Waals surface area contributed by atoms with Crippen molar-refractivity contribution in [2.45, 2.75) is 26.2 Å². The van der Waals surface area contributed by atoms with Crippen LogP contribution in [0.2, 0.25) is 0 Å². The fourth-order valence-corrected chi connectivity index (χ4v) is 3.05. The molecule has 2 rings (SSSR count). The van der Waals surface area contributed by atoms with Crippen LogP contribution in [0.1, 0.15) is 36.5 Å². The molecule has 1 aliphatic carbocycles. The quantitative estimate of drug-likeness (QED) is 0.904. The molecule has 0 heterocycles. The zero-order valence-corrected chi connectivity index (χ0v) is 12.0. The van der Waals surface area contributed by atoms with Gasteiger partial charge in [-0.25, -0.2) is 4.39 Å². The molecule has 1 fully saturated rings. The molecule has 1 N–H and O–H groups in total. The van der Waals surface area contributed by atoms with E-state index in [0.717, 1.165) is 5.92 Å². The first-order chi connectivity index (χ1) is 8.56. The highest BCUT2D eigenvalue weighted by Gasteiger charge is 2.22. The Hall–Kier alpha value is -0.900. The third-order valence-corrected chi connectivity index (χ3v) is 4.19. The van der Waals surface area contributed by atoms with E-state index in [4.69, 9.17) is 0 Å². The highest BCUT2D eigenvalue weighted by atomic mass is 79.9. The van der Waals surface area contributed by atoms with Gasteiger partial charge in [-0.1, -0.05) is 13.3 Å². The van der Waals surface area contributed by atoms with Gasteiger partial charge in [-0.05, 0) is 58.8 Å². The van der Waals surface area contributed by atoms with Gasteiger partial charge in [0.1, 0.15) is 5.82 Å². The van der Waals surface area contributed by atoms with Crippen LogP contribution in [-0.4, -0.2) is 12.5 Å². The Morgan fingerprint density at radius 2 is 2.28 bits per heavy atom. The van der Waals surface area contributed by atoms with Crippen LogP contribution in [0.25, 0.3) is 0 Å². The van der Waals surface area contributed by atoms with Crippen molar-refractivity contribution < 1.29 is 9.18 Å². The third kappa shape index (κ3) is 3.31. The van der Waals surface area contributed by atoms with E-state index in [1.165, 1.54) is 37.5 Å². The van der Waals surface area contributed by atoms with Crippen LogP contribution in [0, 0.1) is 17.7 Å². The van der Waals surface area contributed by atoms with E-state index in [1.807, 2.05) is 0 Å². The molecule has 1 saturated carbocycles. The Kier molecular flexibility index (Phi) is 4.38. The maximum atomic E-state index is 12.9. The molecular formula is C14H17BrFNO. The molecule has 1 aromatic carbocycles. The zero-order chi connectivity index (χ0) is 13.1. The molecule has 1 aliphatic rings. The van der Waals surface area contributed by atoms with E-state index < -0.39 is 0 Å². The van der Waals surface area contributed by atoms with Crippen molar-refractivity contribution in [3.63, 3.8) is 0 Å². The van der Waals surface area contributed by atoms with E-state index >= 15 is 0 Å². The van der Waals surface area contributed by atoms with Gasteiger partial charge < -0.3 is 5.32 Å². The monoisotopic (exact) mass is 313 g/mol. The Morgan fingerprint density at radius 3 is 2.89 bits per heavy atom. The molecule has 0 saturated heterocycles. The van der Waals surface area contributed by atoms with Gasteiger partial charge in [0.05, 0.1) is 5.56 Å². The minimum absolute atomic E-state index is 0.138. The molecule has 0 radical (unpaired) electrons. The average Bonchev–Trinajstić information content (AvgIpc) is 2.72. The van der Waals surface area contributed by atoms with Crippen LogP contribution >= 0.6 is 15.9 Å². The molecule has 18 heavy (non-hydrogen) atoms. The molecule has 98 valence electrons. The second-order valence-electron chi connectivity index (χ2n) is 5.12. The molecule has 0 spiro atoms. The first-order valence-corrected chi connectivity index (χ1v) is 7.09. The standard InChI is InChI=1S/C14H17BrFNO/c1-9-2-3-10(6-9)8-17-14(18)12-5-4-11(16)7-13(12)15/h4-5,7,9-10H,2-3,6,8H2,1H3,(H,17,18). The van der Waals surface area contributed by atoms with Crippen molar-refractivity contribution in [3.05, 3.63) is 34.1 Å². The van der Waals surface area contributed by atoms with Crippen molar-refractivity contribution in [3.8, 4) is 0 Å². The largest absolute Gasteiger partial charge is 0.352 e. The zero-order valence-electron chi connectivity index (χ0n) is 10.4. The van der Waals surface area contributed by atoms with Gasteiger partial charge in [0.25, 0.3) is 5.91 Å². The van der Waals surface area contributed by atoms with E-state index in [2.05, 4.69) is 28.2 Å². The molecule has 1 amide bonds. The molecule has 0 aromatic heterocycles. The highest BCUT2D eigenvalue weighted by molar-refractivity contribution is 9.10. The summed E-state index contributed by atoms with van der Waals surface area (Å²) in [5.41, 5.74) is 0.488. The van der Waals surface area contributed by atoms with Crippen LogP contribution in [0.5, 0.6) is 0 Å². The minimum atomic E-state index is -0.344. The van der Waals surface area contributed by atoms with Crippen molar-refractivity contribution >= 4 is 21.8 Å². The predicted molar refractivity (Wildman–Crippen MR) is 72.9 cm³/mol. The molecule has 2 unspecified atom stereocenters. The summed E-state index contributed by atoms with van der Waals surface area (Å²) in [6.07, 6.45) is 3.62. The van der Waals surface area contributed by atoms with E-state index in [1.54, 1.807) is 0 Å². The van der Waals surface area contributed by atoms with Gasteiger partial charge in [-0.15, -0.1) is 0 Å². The van der Waals surface area contributed by atoms with Gasteiger partial charge in [-0.2, -0.15) is 0 Å². The molecule has 0 aliphatic heterocycles. The summed E-state index contributed by atoms with van der Waals surface area (Å²) in [7, 11) is 0. The number of hydrogen-bond donors (Lipinski definition) is 1. The summed E-state index contributed by atoms with van der Waals surface area (Å²) >= 11 is 3.21. The van der Waals surface area contributed by atoms with Gasteiger partial charge in [0.2, 0.25) is 0 Å². The summed E-state index contributed by atoms with van der Waals surface area (Å²) in [5, 5.41) is 2.93. The van der Waals surface area contributed by atoms with Crippen molar-refractivity contribution in [2.24, 2.45) is 11.8 Å². The fraction of sp³-hybridized carbons (Fsp3) is 0.500. The normalized spacial score (nSPS) is 23.1. The van der Waals surface area contributed by atoms with Crippen LogP contribution < -0.4 is 5.32 Å². The number of carbonyl (C=O) groups is 1. The molecular weight excluding hydrogens is 297 g/mol. The fourth-order valence-electron chi connectivity index (χ4n) is 2.52. The predicted octanol–water partition coefficient (Wildman–Crippen LogP) is 3.75. The third-order valence-electron chi connectivity index (χ3n) is 3.53. The van der Waals surface area contributed by atoms with Crippen molar-refractivity contribution in [2.75, 3.05) is 6.54 Å². The topological polar surface area (TPSA) is 29.1 Å². The van der Waals surface area contributed by atoms with Crippen LogP contribution in [0.3, 0.4) is 0 Å². The summed E-state index contributed by atoms with van der Waals surface area (Å²) in [6, 6.07) is 4.12. The van der Waals surface area contributed by atoms with Crippen molar-refractivity contribution in [1.29, 1.82) is 0 Å². The van der Waals surface area contributed by atoms with Gasteiger partial charge in [-0.3, -0.25) is 4.79 Å². The lowest BCUT2D eigenvalue weighted by molar-refractivity contribution is 0.0946. The highest BCUT2D eigenvalue weighted by Crippen LogP contribution is 2.29. The van der Waals surface area contributed by atoms with E-state index in [9.17, 15) is 9.18 Å². The van der Waals surface area contributed by atoms with Gasteiger partial charge in [0, 0.05) is 11.0 Å².